The average Bonchev–Trinajstić information content (AvgIpc) is 2.81. The van der Waals surface area contributed by atoms with Crippen LogP contribution in [0.2, 0.25) is 0 Å². The summed E-state index contributed by atoms with van der Waals surface area (Å²) < 4.78 is 5.52. The number of nitrogens with zero attached hydrogens (tertiary/aromatic N) is 4. The number of amides is 1. The second-order valence-electron chi connectivity index (χ2n) is 3.90. The minimum absolute atomic E-state index is 0.0543. The van der Waals surface area contributed by atoms with Gasteiger partial charge in [0.25, 0.3) is 11.7 Å². The van der Waals surface area contributed by atoms with E-state index in [1.807, 2.05) is 13.8 Å². The molecular formula is C9H15N5O2. The zero-order chi connectivity index (χ0) is 11.5. The van der Waals surface area contributed by atoms with Crippen molar-refractivity contribution in [2.24, 2.45) is 0 Å². The molecule has 2 heterocycles. The highest BCUT2D eigenvalue weighted by Gasteiger charge is 2.31. The lowest BCUT2D eigenvalue weighted by Crippen LogP contribution is -2.51. The maximum absolute atomic E-state index is 12.1. The van der Waals surface area contributed by atoms with Crippen molar-refractivity contribution >= 4 is 5.91 Å². The van der Waals surface area contributed by atoms with E-state index in [4.69, 9.17) is 4.74 Å². The van der Waals surface area contributed by atoms with E-state index in [0.29, 0.717) is 13.2 Å². The molecule has 1 N–H and O–H groups in total. The number of H-pyrrole nitrogens is 1. The predicted molar refractivity (Wildman–Crippen MR) is 54.7 cm³/mol. The van der Waals surface area contributed by atoms with Gasteiger partial charge < -0.3 is 9.64 Å². The van der Waals surface area contributed by atoms with Crippen molar-refractivity contribution in [3.8, 4) is 0 Å². The van der Waals surface area contributed by atoms with Gasteiger partial charge in [0.15, 0.2) is 0 Å². The standard InChI is InChI=1S/C9H15N5O2/c1-3-7-5-16-6(2)4-14(7)9(15)8-10-12-13-11-8/h6-7H,3-5H2,1-2H3,(H,10,11,12,13). The number of carbonyl (C=O) groups excluding carboxylic acids is 1. The van der Waals surface area contributed by atoms with Crippen LogP contribution in [0.25, 0.3) is 0 Å². The van der Waals surface area contributed by atoms with Crippen molar-refractivity contribution < 1.29 is 9.53 Å². The second-order valence-corrected chi connectivity index (χ2v) is 3.90. The zero-order valence-corrected chi connectivity index (χ0v) is 9.38. The first-order valence-electron chi connectivity index (χ1n) is 5.38. The van der Waals surface area contributed by atoms with Gasteiger partial charge in [-0.25, -0.2) is 0 Å². The third-order valence-corrected chi connectivity index (χ3v) is 2.74. The molecule has 7 heteroatoms. The molecule has 0 spiro atoms. The summed E-state index contributed by atoms with van der Waals surface area (Å²) in [6, 6.07) is 0.0993. The van der Waals surface area contributed by atoms with Crippen molar-refractivity contribution in [3.63, 3.8) is 0 Å². The first kappa shape index (κ1) is 11.0. The summed E-state index contributed by atoms with van der Waals surface area (Å²) in [7, 11) is 0. The summed E-state index contributed by atoms with van der Waals surface area (Å²) in [6.07, 6.45) is 0.912. The molecule has 16 heavy (non-hydrogen) atoms. The van der Waals surface area contributed by atoms with Crippen LogP contribution in [-0.4, -0.2) is 56.7 Å². The molecule has 2 unspecified atom stereocenters. The largest absolute Gasteiger partial charge is 0.375 e. The first-order chi connectivity index (χ1) is 7.72. The molecule has 2 rings (SSSR count). The number of carbonyl (C=O) groups is 1. The van der Waals surface area contributed by atoms with Gasteiger partial charge in [0.05, 0.1) is 18.8 Å². The Morgan fingerprint density at radius 2 is 2.50 bits per heavy atom. The summed E-state index contributed by atoms with van der Waals surface area (Å²) in [5.41, 5.74) is 0. The number of nitrogens with one attached hydrogen (secondary N) is 1. The summed E-state index contributed by atoms with van der Waals surface area (Å²) >= 11 is 0. The monoisotopic (exact) mass is 225 g/mol. The van der Waals surface area contributed by atoms with Gasteiger partial charge in [-0.05, 0) is 18.6 Å². The minimum atomic E-state index is -0.184. The van der Waals surface area contributed by atoms with E-state index in [0.717, 1.165) is 6.42 Å². The molecule has 0 aromatic carbocycles. The SMILES string of the molecule is CCC1COC(C)CN1C(=O)c1nn[nH]n1. The van der Waals surface area contributed by atoms with Crippen LogP contribution in [0.5, 0.6) is 0 Å². The molecule has 2 atom stereocenters. The molecule has 1 aliphatic rings. The molecule has 1 aliphatic heterocycles. The van der Waals surface area contributed by atoms with E-state index in [-0.39, 0.29) is 23.9 Å². The third-order valence-electron chi connectivity index (χ3n) is 2.74. The number of tetrazole rings is 1. The van der Waals surface area contributed by atoms with Crippen LogP contribution in [0.15, 0.2) is 0 Å². The maximum atomic E-state index is 12.1. The Labute approximate surface area is 93.2 Å². The number of hydrogen-bond donors (Lipinski definition) is 1. The van der Waals surface area contributed by atoms with Crippen LogP contribution >= 0.6 is 0 Å². The maximum Gasteiger partial charge on any atom is 0.295 e. The Balaban J connectivity index is 2.13. The highest BCUT2D eigenvalue weighted by atomic mass is 16.5. The van der Waals surface area contributed by atoms with E-state index >= 15 is 0 Å². The summed E-state index contributed by atoms with van der Waals surface area (Å²) in [6.45, 7) is 5.12. The third kappa shape index (κ3) is 2.04. The van der Waals surface area contributed by atoms with E-state index in [2.05, 4.69) is 20.6 Å². The van der Waals surface area contributed by atoms with E-state index in [9.17, 15) is 4.79 Å². The lowest BCUT2D eigenvalue weighted by atomic mass is 10.1. The van der Waals surface area contributed by atoms with Crippen molar-refractivity contribution in [1.29, 1.82) is 0 Å². The van der Waals surface area contributed by atoms with Gasteiger partial charge in [0.1, 0.15) is 0 Å². The summed E-state index contributed by atoms with van der Waals surface area (Å²) in [5.74, 6) is -0.0664. The molecule has 0 aliphatic carbocycles. The van der Waals surface area contributed by atoms with Crippen LogP contribution in [0, 0.1) is 0 Å². The van der Waals surface area contributed by atoms with Crippen LogP contribution in [-0.2, 0) is 4.74 Å². The number of aromatic amines is 1. The smallest absolute Gasteiger partial charge is 0.295 e. The average molecular weight is 225 g/mol. The lowest BCUT2D eigenvalue weighted by molar-refractivity contribution is -0.0448. The molecule has 1 amide bonds. The number of rotatable bonds is 2. The normalized spacial score (nSPS) is 25.8. The Morgan fingerprint density at radius 1 is 1.69 bits per heavy atom. The van der Waals surface area contributed by atoms with Crippen molar-refractivity contribution in [3.05, 3.63) is 5.82 Å². The summed E-state index contributed by atoms with van der Waals surface area (Å²) in [4.78, 5) is 13.8. The fourth-order valence-electron chi connectivity index (χ4n) is 1.81. The van der Waals surface area contributed by atoms with Gasteiger partial charge in [-0.15, -0.1) is 10.2 Å². The van der Waals surface area contributed by atoms with Gasteiger partial charge in [0.2, 0.25) is 0 Å². The van der Waals surface area contributed by atoms with E-state index in [1.54, 1.807) is 4.90 Å². The molecule has 7 nitrogen and oxygen atoms in total. The Hall–Kier alpha value is -1.50. The number of aromatic nitrogens is 4. The first-order valence-corrected chi connectivity index (χ1v) is 5.38. The van der Waals surface area contributed by atoms with Crippen LogP contribution in [0.3, 0.4) is 0 Å². The van der Waals surface area contributed by atoms with Gasteiger partial charge in [-0.3, -0.25) is 4.79 Å². The van der Waals surface area contributed by atoms with Crippen molar-refractivity contribution in [2.45, 2.75) is 32.4 Å². The van der Waals surface area contributed by atoms with Crippen molar-refractivity contribution in [2.75, 3.05) is 13.2 Å². The second kappa shape index (κ2) is 4.56. The predicted octanol–water partition coefficient (Wildman–Crippen LogP) is -0.161. The van der Waals surface area contributed by atoms with E-state index < -0.39 is 0 Å². The van der Waals surface area contributed by atoms with Crippen LogP contribution < -0.4 is 0 Å². The van der Waals surface area contributed by atoms with Gasteiger partial charge in [-0.1, -0.05) is 6.92 Å². The molecule has 1 saturated heterocycles. The zero-order valence-electron chi connectivity index (χ0n) is 9.38. The highest BCUT2D eigenvalue weighted by Crippen LogP contribution is 2.16. The quantitative estimate of drug-likeness (QED) is 0.756. The molecule has 1 aromatic heterocycles. The van der Waals surface area contributed by atoms with E-state index in [1.165, 1.54) is 0 Å². The lowest BCUT2D eigenvalue weighted by Gasteiger charge is -2.37. The Bertz CT molecular complexity index is 353. The molecular weight excluding hydrogens is 210 g/mol. The molecule has 0 bridgehead atoms. The van der Waals surface area contributed by atoms with Gasteiger partial charge in [0, 0.05) is 6.54 Å². The number of ether oxygens (including phenoxy) is 1. The molecule has 0 radical (unpaired) electrons. The topological polar surface area (TPSA) is 84.0 Å². The fourth-order valence-corrected chi connectivity index (χ4v) is 1.81. The molecule has 88 valence electrons. The Morgan fingerprint density at radius 3 is 3.12 bits per heavy atom. The minimum Gasteiger partial charge on any atom is -0.375 e. The Kier molecular flexibility index (Phi) is 3.14. The van der Waals surface area contributed by atoms with Crippen LogP contribution in [0.4, 0.5) is 0 Å². The fraction of sp³-hybridized carbons (Fsp3) is 0.778. The highest BCUT2D eigenvalue weighted by molar-refractivity contribution is 5.90. The summed E-state index contributed by atoms with van der Waals surface area (Å²) in [5, 5.41) is 13.1. The van der Waals surface area contributed by atoms with Gasteiger partial charge in [-0.2, -0.15) is 5.21 Å². The van der Waals surface area contributed by atoms with Gasteiger partial charge >= 0.3 is 0 Å². The molecule has 1 aromatic rings. The van der Waals surface area contributed by atoms with Crippen LogP contribution in [0.1, 0.15) is 30.9 Å². The molecule has 1 fully saturated rings. The molecule has 0 saturated carbocycles. The number of hydrogen-bond acceptors (Lipinski definition) is 5. The number of morpholine rings is 1. The van der Waals surface area contributed by atoms with Crippen molar-refractivity contribution in [1.82, 2.24) is 25.5 Å².